The van der Waals surface area contributed by atoms with Crippen molar-refractivity contribution in [1.82, 2.24) is 35.2 Å². The van der Waals surface area contributed by atoms with E-state index in [1.165, 1.54) is 15.8 Å². The Morgan fingerprint density at radius 2 is 2.31 bits per heavy atom. The van der Waals surface area contributed by atoms with Crippen LogP contribution in [0.5, 0.6) is 0 Å². The van der Waals surface area contributed by atoms with Crippen LogP contribution in [0.15, 0.2) is 6.20 Å². The number of aromatic nitrogens is 7. The third-order valence-electron chi connectivity index (χ3n) is 1.39. The largest absolute Gasteiger partial charge is 0.381 e. The van der Waals surface area contributed by atoms with Crippen molar-refractivity contribution in [2.24, 2.45) is 7.05 Å². The summed E-state index contributed by atoms with van der Waals surface area (Å²) in [5.41, 5.74) is 5.38. The van der Waals surface area contributed by atoms with Gasteiger partial charge < -0.3 is 5.73 Å². The minimum atomic E-state index is 0.379. The normalized spacial score (nSPS) is 10.5. The number of nitrogens with two attached hydrogens (primary N) is 1. The summed E-state index contributed by atoms with van der Waals surface area (Å²) in [5.74, 6) is 0.932. The maximum absolute atomic E-state index is 5.38. The van der Waals surface area contributed by atoms with Crippen LogP contribution in [-0.4, -0.2) is 35.2 Å². The molecule has 0 saturated carbocycles. The molecule has 0 unspecified atom stereocenters. The van der Waals surface area contributed by atoms with E-state index < -0.39 is 0 Å². The Morgan fingerprint density at radius 3 is 2.85 bits per heavy atom. The van der Waals surface area contributed by atoms with E-state index in [4.69, 9.17) is 5.73 Å². The number of aryl methyl sites for hydroxylation is 1. The van der Waals surface area contributed by atoms with Crippen molar-refractivity contribution in [1.29, 1.82) is 0 Å². The van der Waals surface area contributed by atoms with Gasteiger partial charge in [-0.3, -0.25) is 0 Å². The van der Waals surface area contributed by atoms with Gasteiger partial charge in [-0.15, -0.1) is 15.3 Å². The molecule has 2 rings (SSSR count). The molecule has 8 heteroatoms. The quantitative estimate of drug-likeness (QED) is 0.599. The fourth-order valence-electron chi connectivity index (χ4n) is 0.900. The summed E-state index contributed by atoms with van der Waals surface area (Å²) in [6.45, 7) is 0.380. The lowest BCUT2D eigenvalue weighted by molar-refractivity contribution is 0.567. The van der Waals surface area contributed by atoms with Gasteiger partial charge in [-0.05, 0) is 5.21 Å². The summed E-state index contributed by atoms with van der Waals surface area (Å²) in [6, 6.07) is 0. The van der Waals surface area contributed by atoms with Gasteiger partial charge in [0.25, 0.3) is 0 Å². The third-order valence-corrected chi connectivity index (χ3v) is 1.39. The number of tetrazole rings is 1. The highest BCUT2D eigenvalue weighted by molar-refractivity contribution is 5.19. The maximum Gasteiger partial charge on any atom is 0.198 e. The summed E-state index contributed by atoms with van der Waals surface area (Å²) in [5, 5.41) is 19.2. The number of anilines is 1. The molecule has 0 spiro atoms. The molecule has 0 radical (unpaired) electrons. The van der Waals surface area contributed by atoms with Gasteiger partial charge in [0, 0.05) is 0 Å². The smallest absolute Gasteiger partial charge is 0.198 e. The van der Waals surface area contributed by atoms with Crippen molar-refractivity contribution in [2.75, 3.05) is 5.73 Å². The minimum Gasteiger partial charge on any atom is -0.381 e. The van der Waals surface area contributed by atoms with E-state index >= 15 is 0 Å². The Morgan fingerprint density at radius 1 is 1.46 bits per heavy atom. The Bertz CT molecular complexity index is 362. The zero-order valence-corrected chi connectivity index (χ0v) is 6.99. The Balaban J connectivity index is 2.14. The summed E-state index contributed by atoms with van der Waals surface area (Å²) in [6.07, 6.45) is 1.47. The molecular weight excluding hydrogens is 172 g/mol. The fraction of sp³-hybridized carbons (Fsp3) is 0.400. The molecule has 0 aliphatic carbocycles. The van der Waals surface area contributed by atoms with E-state index in [2.05, 4.69) is 25.6 Å². The van der Waals surface area contributed by atoms with Crippen LogP contribution >= 0.6 is 0 Å². The second kappa shape index (κ2) is 2.81. The average Bonchev–Trinajstić information content (AvgIpc) is 2.62. The van der Waals surface area contributed by atoms with Crippen LogP contribution in [0.4, 0.5) is 5.82 Å². The number of nitrogens with zero attached hydrogens (tertiary/aromatic N) is 7. The first-order valence-electron chi connectivity index (χ1n) is 3.62. The molecule has 0 amide bonds. The van der Waals surface area contributed by atoms with Crippen molar-refractivity contribution in [3.05, 3.63) is 12.0 Å². The zero-order valence-electron chi connectivity index (χ0n) is 6.99. The predicted octanol–water partition coefficient (Wildman–Crippen LogP) is -1.57. The molecular formula is C5H8N8. The Hall–Kier alpha value is -1.99. The van der Waals surface area contributed by atoms with Crippen molar-refractivity contribution in [3.8, 4) is 0 Å². The fourth-order valence-corrected chi connectivity index (χ4v) is 0.900. The predicted molar refractivity (Wildman–Crippen MR) is 42.3 cm³/mol. The number of rotatable bonds is 2. The molecule has 2 aromatic rings. The lowest BCUT2D eigenvalue weighted by Gasteiger charge is -1.91. The second-order valence-electron chi connectivity index (χ2n) is 2.49. The summed E-state index contributed by atoms with van der Waals surface area (Å²) in [7, 11) is 1.70. The lowest BCUT2D eigenvalue weighted by Crippen LogP contribution is -2.06. The molecule has 0 aromatic carbocycles. The first-order valence-corrected chi connectivity index (χ1v) is 3.62. The average molecular weight is 180 g/mol. The molecule has 0 fully saturated rings. The van der Waals surface area contributed by atoms with Gasteiger partial charge in [0.2, 0.25) is 0 Å². The zero-order chi connectivity index (χ0) is 9.26. The standard InChI is InChI=1S/C5H8N8/c1-12-10-5(8-11-12)3-13-7-2-4(6)9-13/h2H,3H2,1H3,(H2,6,9). The van der Waals surface area contributed by atoms with Gasteiger partial charge in [-0.1, -0.05) is 0 Å². The van der Waals surface area contributed by atoms with E-state index in [1.54, 1.807) is 7.05 Å². The molecule has 2 N–H and O–H groups in total. The molecule has 68 valence electrons. The molecule has 0 aliphatic heterocycles. The summed E-state index contributed by atoms with van der Waals surface area (Å²) in [4.78, 5) is 2.79. The number of hydrogen-bond acceptors (Lipinski definition) is 6. The lowest BCUT2D eigenvalue weighted by atomic mass is 10.6. The van der Waals surface area contributed by atoms with Crippen LogP contribution in [0.1, 0.15) is 5.82 Å². The highest BCUT2D eigenvalue weighted by Crippen LogP contribution is 1.93. The van der Waals surface area contributed by atoms with Crippen LogP contribution < -0.4 is 5.73 Å². The van der Waals surface area contributed by atoms with Gasteiger partial charge >= 0.3 is 0 Å². The Labute approximate surface area is 73.3 Å². The summed E-state index contributed by atoms with van der Waals surface area (Å²) < 4.78 is 0. The molecule has 0 saturated heterocycles. The number of hydrogen-bond donors (Lipinski definition) is 1. The number of nitrogen functional groups attached to an aromatic ring is 1. The highest BCUT2D eigenvalue weighted by Gasteiger charge is 2.03. The van der Waals surface area contributed by atoms with Crippen molar-refractivity contribution in [3.63, 3.8) is 0 Å². The molecule has 2 heterocycles. The first-order chi connectivity index (χ1) is 6.24. The topological polar surface area (TPSA) is 100 Å². The van der Waals surface area contributed by atoms with E-state index in [0.717, 1.165) is 0 Å². The van der Waals surface area contributed by atoms with Gasteiger partial charge in [-0.25, -0.2) is 0 Å². The Kier molecular flexibility index (Phi) is 1.65. The second-order valence-corrected chi connectivity index (χ2v) is 2.49. The first kappa shape index (κ1) is 7.65. The SMILES string of the molecule is Cn1nnc(Cn2ncc(N)n2)n1. The van der Waals surface area contributed by atoms with Crippen LogP contribution in [0, 0.1) is 0 Å². The van der Waals surface area contributed by atoms with Gasteiger partial charge in [0.05, 0.1) is 13.2 Å². The van der Waals surface area contributed by atoms with Gasteiger partial charge in [0.1, 0.15) is 6.54 Å². The monoisotopic (exact) mass is 180 g/mol. The van der Waals surface area contributed by atoms with E-state index in [-0.39, 0.29) is 0 Å². The van der Waals surface area contributed by atoms with Crippen LogP contribution in [-0.2, 0) is 13.6 Å². The van der Waals surface area contributed by atoms with Crippen LogP contribution in [0.25, 0.3) is 0 Å². The maximum atomic E-state index is 5.38. The van der Waals surface area contributed by atoms with E-state index in [0.29, 0.717) is 18.2 Å². The summed E-state index contributed by atoms with van der Waals surface area (Å²) >= 11 is 0. The molecule has 2 aromatic heterocycles. The third kappa shape index (κ3) is 1.60. The van der Waals surface area contributed by atoms with E-state index in [9.17, 15) is 0 Å². The van der Waals surface area contributed by atoms with Crippen molar-refractivity contribution in [2.45, 2.75) is 6.54 Å². The van der Waals surface area contributed by atoms with Gasteiger partial charge in [0.15, 0.2) is 11.6 Å². The molecule has 0 aliphatic rings. The molecule has 0 bridgehead atoms. The minimum absolute atomic E-state index is 0.379. The molecule has 13 heavy (non-hydrogen) atoms. The highest BCUT2D eigenvalue weighted by atomic mass is 15.6. The van der Waals surface area contributed by atoms with E-state index in [1.807, 2.05) is 0 Å². The van der Waals surface area contributed by atoms with Crippen LogP contribution in [0.3, 0.4) is 0 Å². The van der Waals surface area contributed by atoms with Crippen molar-refractivity contribution >= 4 is 5.82 Å². The van der Waals surface area contributed by atoms with Crippen molar-refractivity contribution < 1.29 is 0 Å². The van der Waals surface area contributed by atoms with Crippen LogP contribution in [0.2, 0.25) is 0 Å². The molecule has 8 nitrogen and oxygen atoms in total. The van der Waals surface area contributed by atoms with Gasteiger partial charge in [-0.2, -0.15) is 14.7 Å². The molecule has 0 atom stereocenters.